The standard InChI is InChI=1S/C16H18O5/c1-8(2)3-4-10(17)9-7-13(20)14-11(18)5-6-12(19)15(14)16(9)21/h3,5-7,10,13,17-20H,4H2,1-2H3. The second-order valence-electron chi connectivity index (χ2n) is 5.32. The maximum absolute atomic E-state index is 12.4. The molecule has 0 amide bonds. The molecule has 5 heteroatoms. The van der Waals surface area contributed by atoms with Crippen molar-refractivity contribution in [1.82, 2.24) is 0 Å². The van der Waals surface area contributed by atoms with Gasteiger partial charge in [-0.25, -0.2) is 0 Å². The number of rotatable bonds is 3. The summed E-state index contributed by atoms with van der Waals surface area (Å²) in [6.45, 7) is 3.75. The SMILES string of the molecule is CC(C)=CCC(O)C1=CC(O)c2c(O)ccc(O)c2C1=O. The van der Waals surface area contributed by atoms with Crippen molar-refractivity contribution in [3.8, 4) is 11.5 Å². The van der Waals surface area contributed by atoms with Crippen molar-refractivity contribution in [3.63, 3.8) is 0 Å². The number of carbonyl (C=O) groups is 1. The lowest BCUT2D eigenvalue weighted by Gasteiger charge is -2.24. The fraction of sp³-hybridized carbons (Fsp3) is 0.312. The Labute approximate surface area is 122 Å². The maximum Gasteiger partial charge on any atom is 0.195 e. The van der Waals surface area contributed by atoms with Crippen LogP contribution in [0.15, 0.2) is 35.4 Å². The van der Waals surface area contributed by atoms with E-state index in [-0.39, 0.29) is 34.6 Å². The molecule has 1 aromatic carbocycles. The van der Waals surface area contributed by atoms with Crippen molar-refractivity contribution < 1.29 is 25.2 Å². The molecule has 0 spiro atoms. The van der Waals surface area contributed by atoms with Gasteiger partial charge >= 0.3 is 0 Å². The number of aliphatic hydroxyl groups is 2. The molecule has 5 nitrogen and oxygen atoms in total. The quantitative estimate of drug-likeness (QED) is 0.504. The third-order valence-electron chi connectivity index (χ3n) is 3.43. The maximum atomic E-state index is 12.4. The third-order valence-corrected chi connectivity index (χ3v) is 3.43. The van der Waals surface area contributed by atoms with Gasteiger partial charge in [-0.1, -0.05) is 11.6 Å². The van der Waals surface area contributed by atoms with E-state index >= 15 is 0 Å². The molecule has 1 aliphatic rings. The van der Waals surface area contributed by atoms with Gasteiger partial charge in [0.15, 0.2) is 5.78 Å². The number of aromatic hydroxyl groups is 2. The molecule has 0 aliphatic heterocycles. The average Bonchev–Trinajstić information content (AvgIpc) is 2.42. The van der Waals surface area contributed by atoms with Crippen LogP contribution >= 0.6 is 0 Å². The smallest absolute Gasteiger partial charge is 0.195 e. The summed E-state index contributed by atoms with van der Waals surface area (Å²) in [6, 6.07) is 2.40. The highest BCUT2D eigenvalue weighted by Gasteiger charge is 2.33. The van der Waals surface area contributed by atoms with Gasteiger partial charge in [-0.2, -0.15) is 0 Å². The zero-order chi connectivity index (χ0) is 15.7. The molecule has 112 valence electrons. The van der Waals surface area contributed by atoms with Gasteiger partial charge in [-0.3, -0.25) is 4.79 Å². The highest BCUT2D eigenvalue weighted by atomic mass is 16.3. The Bertz CT molecular complexity index is 638. The number of allylic oxidation sites excluding steroid dienone is 1. The molecular weight excluding hydrogens is 272 g/mol. The first-order valence-electron chi connectivity index (χ1n) is 6.63. The number of phenolic OH excluding ortho intramolecular Hbond substituents is 2. The van der Waals surface area contributed by atoms with Crippen LogP contribution in [0.5, 0.6) is 11.5 Å². The predicted octanol–water partition coefficient (Wildman–Crippen LogP) is 1.97. The average molecular weight is 290 g/mol. The summed E-state index contributed by atoms with van der Waals surface area (Å²) in [6.07, 6.45) is 0.913. The monoisotopic (exact) mass is 290 g/mol. The van der Waals surface area contributed by atoms with Crippen LogP contribution in [0.25, 0.3) is 0 Å². The van der Waals surface area contributed by atoms with Crippen molar-refractivity contribution in [2.24, 2.45) is 0 Å². The number of Topliss-reactive ketones (excluding diaryl/α,β-unsaturated/α-hetero) is 1. The number of phenols is 2. The number of fused-ring (bicyclic) bond motifs is 1. The van der Waals surface area contributed by atoms with Crippen molar-refractivity contribution in [3.05, 3.63) is 46.6 Å². The van der Waals surface area contributed by atoms with Gasteiger partial charge in [-0.05, 0) is 38.5 Å². The van der Waals surface area contributed by atoms with E-state index in [1.165, 1.54) is 18.2 Å². The first kappa shape index (κ1) is 15.3. The first-order valence-corrected chi connectivity index (χ1v) is 6.63. The molecule has 0 fully saturated rings. The third kappa shape index (κ3) is 2.84. The molecule has 1 aromatic rings. The lowest BCUT2D eigenvalue weighted by molar-refractivity contribution is 0.0962. The Hall–Kier alpha value is -2.11. The largest absolute Gasteiger partial charge is 0.508 e. The van der Waals surface area contributed by atoms with E-state index in [9.17, 15) is 25.2 Å². The molecular formula is C16H18O5. The molecule has 0 saturated heterocycles. The van der Waals surface area contributed by atoms with Crippen LogP contribution in [0.1, 0.15) is 42.3 Å². The normalized spacial score (nSPS) is 18.8. The van der Waals surface area contributed by atoms with E-state index < -0.39 is 18.0 Å². The Morgan fingerprint density at radius 3 is 2.52 bits per heavy atom. The van der Waals surface area contributed by atoms with E-state index in [1.54, 1.807) is 6.08 Å². The van der Waals surface area contributed by atoms with E-state index in [4.69, 9.17) is 0 Å². The Morgan fingerprint density at radius 2 is 1.90 bits per heavy atom. The zero-order valence-electron chi connectivity index (χ0n) is 11.9. The summed E-state index contributed by atoms with van der Waals surface area (Å²) in [7, 11) is 0. The second kappa shape index (κ2) is 5.71. The molecule has 0 aromatic heterocycles. The van der Waals surface area contributed by atoms with E-state index in [1.807, 2.05) is 13.8 Å². The van der Waals surface area contributed by atoms with Gasteiger partial charge in [-0.15, -0.1) is 0 Å². The lowest BCUT2D eigenvalue weighted by atomic mass is 9.84. The summed E-state index contributed by atoms with van der Waals surface area (Å²) in [5, 5.41) is 39.7. The number of aliphatic hydroxyl groups excluding tert-OH is 2. The summed E-state index contributed by atoms with van der Waals surface area (Å²) < 4.78 is 0. The van der Waals surface area contributed by atoms with Crippen LogP contribution < -0.4 is 0 Å². The van der Waals surface area contributed by atoms with E-state index in [2.05, 4.69) is 0 Å². The van der Waals surface area contributed by atoms with E-state index in [0.717, 1.165) is 5.57 Å². The fourth-order valence-corrected chi connectivity index (χ4v) is 2.35. The van der Waals surface area contributed by atoms with Crippen molar-refractivity contribution in [1.29, 1.82) is 0 Å². The molecule has 2 unspecified atom stereocenters. The summed E-state index contributed by atoms with van der Waals surface area (Å²) in [5.41, 5.74) is 0.835. The Balaban J connectivity index is 2.43. The number of ketones is 1. The van der Waals surface area contributed by atoms with Crippen LogP contribution in [0.4, 0.5) is 0 Å². The minimum Gasteiger partial charge on any atom is -0.508 e. The van der Waals surface area contributed by atoms with Crippen molar-refractivity contribution in [2.75, 3.05) is 0 Å². The van der Waals surface area contributed by atoms with Crippen LogP contribution in [-0.4, -0.2) is 32.3 Å². The second-order valence-corrected chi connectivity index (χ2v) is 5.32. The minimum absolute atomic E-state index is 0.0217. The molecule has 0 bridgehead atoms. The fourth-order valence-electron chi connectivity index (χ4n) is 2.35. The highest BCUT2D eigenvalue weighted by Crippen LogP contribution is 2.40. The number of hydrogen-bond donors (Lipinski definition) is 4. The van der Waals surface area contributed by atoms with Gasteiger partial charge in [0.2, 0.25) is 0 Å². The minimum atomic E-state index is -1.25. The van der Waals surface area contributed by atoms with Crippen molar-refractivity contribution in [2.45, 2.75) is 32.5 Å². The van der Waals surface area contributed by atoms with Gasteiger partial charge in [0.25, 0.3) is 0 Å². The molecule has 0 heterocycles. The molecule has 0 radical (unpaired) electrons. The summed E-state index contributed by atoms with van der Waals surface area (Å²) >= 11 is 0. The van der Waals surface area contributed by atoms with Crippen LogP contribution in [-0.2, 0) is 0 Å². The Kier molecular flexibility index (Phi) is 4.16. The summed E-state index contributed by atoms with van der Waals surface area (Å²) in [5.74, 6) is -1.18. The van der Waals surface area contributed by atoms with Crippen LogP contribution in [0.2, 0.25) is 0 Å². The summed E-state index contributed by atoms with van der Waals surface area (Å²) in [4.78, 5) is 12.4. The van der Waals surface area contributed by atoms with Gasteiger partial charge in [0.1, 0.15) is 17.6 Å². The van der Waals surface area contributed by atoms with Gasteiger partial charge < -0.3 is 20.4 Å². The molecule has 1 aliphatic carbocycles. The van der Waals surface area contributed by atoms with Crippen molar-refractivity contribution >= 4 is 5.78 Å². The molecule has 2 atom stereocenters. The number of benzene rings is 1. The molecule has 0 saturated carbocycles. The Morgan fingerprint density at radius 1 is 1.29 bits per heavy atom. The predicted molar refractivity (Wildman–Crippen MR) is 77.2 cm³/mol. The van der Waals surface area contributed by atoms with Gasteiger partial charge in [0.05, 0.1) is 11.7 Å². The van der Waals surface area contributed by atoms with Crippen LogP contribution in [0, 0.1) is 0 Å². The highest BCUT2D eigenvalue weighted by molar-refractivity contribution is 6.13. The lowest BCUT2D eigenvalue weighted by Crippen LogP contribution is -2.24. The number of hydrogen-bond acceptors (Lipinski definition) is 5. The van der Waals surface area contributed by atoms with Crippen LogP contribution in [0.3, 0.4) is 0 Å². The van der Waals surface area contributed by atoms with E-state index in [0.29, 0.717) is 0 Å². The zero-order valence-corrected chi connectivity index (χ0v) is 11.9. The topological polar surface area (TPSA) is 98.0 Å². The van der Waals surface area contributed by atoms with Gasteiger partial charge in [0, 0.05) is 11.1 Å². The number of carbonyl (C=O) groups excluding carboxylic acids is 1. The molecule has 2 rings (SSSR count). The molecule has 4 N–H and O–H groups in total. The molecule has 21 heavy (non-hydrogen) atoms. The first-order chi connectivity index (χ1) is 9.82.